The molecule has 1 aliphatic rings. The fourth-order valence-corrected chi connectivity index (χ4v) is 4.15. The van der Waals surface area contributed by atoms with Crippen molar-refractivity contribution in [3.63, 3.8) is 0 Å². The highest BCUT2D eigenvalue weighted by molar-refractivity contribution is 5.85. The summed E-state index contributed by atoms with van der Waals surface area (Å²) in [5, 5.41) is 3.09. The number of aromatic nitrogens is 1. The van der Waals surface area contributed by atoms with E-state index in [1.165, 1.54) is 0 Å². The first-order valence-electron chi connectivity index (χ1n) is 10.6. The molecule has 1 aromatic carbocycles. The highest BCUT2D eigenvalue weighted by Gasteiger charge is 2.43. The molecule has 1 aliphatic heterocycles. The molecule has 1 N–H and O–H groups in total. The highest BCUT2D eigenvalue weighted by Crippen LogP contribution is 2.35. The SMILES string of the molecule is CCCNC(=O)[C@]1(Cc2ccc(-c3ccncc3)cc2)CCCN(C(=O)CC)C1. The first-order chi connectivity index (χ1) is 14.1. The van der Waals surface area contributed by atoms with Crippen LogP contribution in [0.1, 0.15) is 45.1 Å². The largest absolute Gasteiger partial charge is 0.356 e. The summed E-state index contributed by atoms with van der Waals surface area (Å²) in [4.78, 5) is 31.5. The zero-order valence-corrected chi connectivity index (χ0v) is 17.5. The topological polar surface area (TPSA) is 62.3 Å². The quantitative estimate of drug-likeness (QED) is 0.777. The second-order valence-electron chi connectivity index (χ2n) is 7.92. The Kier molecular flexibility index (Phi) is 7.02. The van der Waals surface area contributed by atoms with E-state index < -0.39 is 5.41 Å². The Balaban J connectivity index is 1.83. The van der Waals surface area contributed by atoms with Crippen LogP contribution in [-0.2, 0) is 16.0 Å². The molecule has 1 atom stereocenters. The van der Waals surface area contributed by atoms with Crippen LogP contribution in [0.15, 0.2) is 48.8 Å². The lowest BCUT2D eigenvalue weighted by atomic mass is 9.74. The van der Waals surface area contributed by atoms with Crippen molar-refractivity contribution in [3.05, 3.63) is 54.4 Å². The van der Waals surface area contributed by atoms with Gasteiger partial charge in [-0.25, -0.2) is 0 Å². The van der Waals surface area contributed by atoms with Crippen LogP contribution in [0, 0.1) is 5.41 Å². The highest BCUT2D eigenvalue weighted by atomic mass is 16.2. The molecule has 1 fully saturated rings. The Labute approximate surface area is 173 Å². The van der Waals surface area contributed by atoms with E-state index in [1.54, 1.807) is 12.4 Å². The van der Waals surface area contributed by atoms with Gasteiger partial charge in [-0.2, -0.15) is 0 Å². The van der Waals surface area contributed by atoms with Gasteiger partial charge in [0.15, 0.2) is 0 Å². The molecule has 2 heterocycles. The Bertz CT molecular complexity index is 820. The lowest BCUT2D eigenvalue weighted by Crippen LogP contribution is -2.54. The second-order valence-corrected chi connectivity index (χ2v) is 7.92. The number of hydrogen-bond donors (Lipinski definition) is 1. The standard InChI is InChI=1S/C24H31N3O2/c1-3-13-26-23(29)24(12-5-16-27(18-24)22(28)4-2)17-19-6-8-20(9-7-19)21-10-14-25-15-11-21/h6-11,14-15H,3-5,12-13,16-18H2,1-2H3,(H,26,29)/t24-/m0/s1. The summed E-state index contributed by atoms with van der Waals surface area (Å²) in [6, 6.07) is 12.4. The van der Waals surface area contributed by atoms with Crippen LogP contribution < -0.4 is 5.32 Å². The summed E-state index contributed by atoms with van der Waals surface area (Å²) < 4.78 is 0. The number of piperidine rings is 1. The molecule has 154 valence electrons. The molecule has 0 bridgehead atoms. The minimum atomic E-state index is -0.559. The Hall–Kier alpha value is -2.69. The molecular weight excluding hydrogens is 362 g/mol. The van der Waals surface area contributed by atoms with Gasteiger partial charge in [-0.3, -0.25) is 14.6 Å². The predicted molar refractivity (Wildman–Crippen MR) is 115 cm³/mol. The third-order valence-electron chi connectivity index (χ3n) is 5.76. The van der Waals surface area contributed by atoms with Crippen molar-refractivity contribution in [2.75, 3.05) is 19.6 Å². The molecule has 0 saturated carbocycles. The number of benzene rings is 1. The number of carbonyl (C=O) groups excluding carboxylic acids is 2. The van der Waals surface area contributed by atoms with E-state index in [2.05, 4.69) is 41.5 Å². The number of hydrogen-bond acceptors (Lipinski definition) is 3. The molecule has 0 unspecified atom stereocenters. The lowest BCUT2D eigenvalue weighted by molar-refractivity contribution is -0.141. The summed E-state index contributed by atoms with van der Waals surface area (Å²) in [6.07, 6.45) is 7.28. The molecule has 0 radical (unpaired) electrons. The molecule has 1 saturated heterocycles. The molecule has 1 aromatic heterocycles. The van der Waals surface area contributed by atoms with Crippen LogP contribution in [0.3, 0.4) is 0 Å². The Morgan fingerprint density at radius 3 is 2.41 bits per heavy atom. The minimum absolute atomic E-state index is 0.0752. The van der Waals surface area contributed by atoms with Gasteiger partial charge in [-0.15, -0.1) is 0 Å². The van der Waals surface area contributed by atoms with E-state index in [1.807, 2.05) is 24.0 Å². The first kappa shape index (κ1) is 21.0. The van der Waals surface area contributed by atoms with Gasteiger partial charge in [0.1, 0.15) is 0 Å². The van der Waals surface area contributed by atoms with E-state index in [-0.39, 0.29) is 11.8 Å². The molecule has 0 spiro atoms. The summed E-state index contributed by atoms with van der Waals surface area (Å²) in [5.41, 5.74) is 2.82. The third-order valence-corrected chi connectivity index (χ3v) is 5.76. The Morgan fingerprint density at radius 1 is 1.07 bits per heavy atom. The van der Waals surface area contributed by atoms with Crippen molar-refractivity contribution in [2.24, 2.45) is 5.41 Å². The van der Waals surface area contributed by atoms with Crippen molar-refractivity contribution in [3.8, 4) is 11.1 Å². The normalized spacial score (nSPS) is 19.0. The van der Waals surface area contributed by atoms with Crippen molar-refractivity contribution in [1.29, 1.82) is 0 Å². The van der Waals surface area contributed by atoms with Crippen molar-refractivity contribution >= 4 is 11.8 Å². The van der Waals surface area contributed by atoms with Gasteiger partial charge in [-0.1, -0.05) is 38.1 Å². The van der Waals surface area contributed by atoms with Gasteiger partial charge in [0.2, 0.25) is 11.8 Å². The van der Waals surface area contributed by atoms with E-state index in [0.29, 0.717) is 25.9 Å². The van der Waals surface area contributed by atoms with Gasteiger partial charge in [0.25, 0.3) is 0 Å². The molecule has 0 aliphatic carbocycles. The maximum atomic E-state index is 13.2. The Morgan fingerprint density at radius 2 is 1.76 bits per heavy atom. The van der Waals surface area contributed by atoms with Crippen LogP contribution in [-0.4, -0.2) is 41.3 Å². The number of rotatable bonds is 7. The smallest absolute Gasteiger partial charge is 0.228 e. The molecule has 3 rings (SSSR count). The average molecular weight is 394 g/mol. The van der Waals surface area contributed by atoms with Crippen LogP contribution in [0.4, 0.5) is 0 Å². The van der Waals surface area contributed by atoms with Crippen LogP contribution in [0.2, 0.25) is 0 Å². The monoisotopic (exact) mass is 393 g/mol. The van der Waals surface area contributed by atoms with Gasteiger partial charge in [0.05, 0.1) is 5.41 Å². The lowest BCUT2D eigenvalue weighted by Gasteiger charge is -2.42. The molecule has 29 heavy (non-hydrogen) atoms. The van der Waals surface area contributed by atoms with Crippen LogP contribution >= 0.6 is 0 Å². The molecule has 2 aromatic rings. The molecule has 5 nitrogen and oxygen atoms in total. The number of nitrogens with zero attached hydrogens (tertiary/aromatic N) is 2. The molecule has 5 heteroatoms. The van der Waals surface area contributed by atoms with Crippen LogP contribution in [0.25, 0.3) is 11.1 Å². The first-order valence-corrected chi connectivity index (χ1v) is 10.6. The minimum Gasteiger partial charge on any atom is -0.356 e. The fourth-order valence-electron chi connectivity index (χ4n) is 4.15. The molecule has 2 amide bonds. The molecular formula is C24H31N3O2. The summed E-state index contributed by atoms with van der Waals surface area (Å²) >= 11 is 0. The van der Waals surface area contributed by atoms with E-state index in [9.17, 15) is 9.59 Å². The fraction of sp³-hybridized carbons (Fsp3) is 0.458. The zero-order chi connectivity index (χ0) is 20.7. The van der Waals surface area contributed by atoms with Crippen LogP contribution in [0.5, 0.6) is 0 Å². The predicted octanol–water partition coefficient (Wildman–Crippen LogP) is 3.84. The maximum Gasteiger partial charge on any atom is 0.228 e. The third kappa shape index (κ3) is 5.03. The van der Waals surface area contributed by atoms with Gasteiger partial charge in [0, 0.05) is 38.4 Å². The van der Waals surface area contributed by atoms with Crippen molar-refractivity contribution < 1.29 is 9.59 Å². The van der Waals surface area contributed by atoms with Gasteiger partial charge < -0.3 is 10.2 Å². The van der Waals surface area contributed by atoms with E-state index >= 15 is 0 Å². The number of carbonyl (C=O) groups is 2. The van der Waals surface area contributed by atoms with Crippen molar-refractivity contribution in [1.82, 2.24) is 15.2 Å². The van der Waals surface area contributed by atoms with Gasteiger partial charge >= 0.3 is 0 Å². The maximum absolute atomic E-state index is 13.2. The number of likely N-dealkylation sites (tertiary alicyclic amines) is 1. The zero-order valence-electron chi connectivity index (χ0n) is 17.5. The van der Waals surface area contributed by atoms with Gasteiger partial charge in [-0.05, 0) is 54.5 Å². The second kappa shape index (κ2) is 9.68. The number of amides is 2. The van der Waals surface area contributed by atoms with E-state index in [0.717, 1.165) is 42.5 Å². The number of nitrogens with one attached hydrogen (secondary N) is 1. The summed E-state index contributed by atoms with van der Waals surface area (Å²) in [6.45, 7) is 5.85. The van der Waals surface area contributed by atoms with Crippen molar-refractivity contribution in [2.45, 2.75) is 46.0 Å². The van der Waals surface area contributed by atoms with E-state index in [4.69, 9.17) is 0 Å². The summed E-state index contributed by atoms with van der Waals surface area (Å²) in [5.74, 6) is 0.205. The summed E-state index contributed by atoms with van der Waals surface area (Å²) in [7, 11) is 0. The number of pyridine rings is 1. The average Bonchev–Trinajstić information content (AvgIpc) is 2.78.